The van der Waals surface area contributed by atoms with Gasteiger partial charge in [0.1, 0.15) is 6.04 Å². The average Bonchev–Trinajstić information content (AvgIpc) is 2.61. The molecule has 1 saturated heterocycles. The SMILES string of the molecule is O=C([O][Al][I])C1CC2CCCCC2N1. The van der Waals surface area contributed by atoms with E-state index in [0.717, 1.165) is 12.3 Å². The molecular weight excluding hydrogens is 308 g/mol. The molecule has 2 rings (SSSR count). The summed E-state index contributed by atoms with van der Waals surface area (Å²) in [5, 5.41) is 3.41. The Labute approximate surface area is 102 Å². The van der Waals surface area contributed by atoms with Gasteiger partial charge in [0, 0.05) is 6.04 Å². The van der Waals surface area contributed by atoms with Gasteiger partial charge < -0.3 is 9.11 Å². The van der Waals surface area contributed by atoms with E-state index in [-0.39, 0.29) is 24.3 Å². The van der Waals surface area contributed by atoms with Crippen molar-refractivity contribution in [1.82, 2.24) is 5.32 Å². The maximum atomic E-state index is 11.5. The maximum Gasteiger partial charge on any atom is 0.627 e. The van der Waals surface area contributed by atoms with Crippen molar-refractivity contribution in [3.8, 4) is 0 Å². The minimum Gasteiger partial charge on any atom is -0.613 e. The van der Waals surface area contributed by atoms with E-state index in [1.54, 1.807) is 0 Å². The number of carbonyl (C=O) groups is 1. The van der Waals surface area contributed by atoms with Crippen LogP contribution in [0.2, 0.25) is 0 Å². The standard InChI is InChI=1S/C9H15NO2.Al.HI/c11-9(12)8-5-6-3-1-2-4-7(6)10-8;;/h6-8,10H,1-5H2,(H,11,12);;1H/q;+2;/p-2. The highest BCUT2D eigenvalue weighted by Crippen LogP contribution is 2.33. The van der Waals surface area contributed by atoms with Crippen LogP contribution >= 0.6 is 20.3 Å². The van der Waals surface area contributed by atoms with Crippen molar-refractivity contribution in [3.63, 3.8) is 0 Å². The van der Waals surface area contributed by atoms with Gasteiger partial charge in [0.05, 0.1) is 0 Å². The third-order valence-corrected chi connectivity index (χ3v) is 4.39. The summed E-state index contributed by atoms with van der Waals surface area (Å²) in [5.41, 5.74) is 0. The Morgan fingerprint density at radius 2 is 2.21 bits per heavy atom. The molecule has 3 unspecified atom stereocenters. The molecule has 1 radical (unpaired) electrons. The molecule has 1 aliphatic heterocycles. The van der Waals surface area contributed by atoms with Crippen molar-refractivity contribution < 1.29 is 8.58 Å². The minimum atomic E-state index is -0.186. The largest absolute Gasteiger partial charge is 0.627 e. The second-order valence-electron chi connectivity index (χ2n) is 4.13. The van der Waals surface area contributed by atoms with E-state index in [1.165, 1.54) is 25.7 Å². The van der Waals surface area contributed by atoms with Gasteiger partial charge in [-0.05, 0) is 25.2 Å². The Morgan fingerprint density at radius 1 is 1.43 bits per heavy atom. The van der Waals surface area contributed by atoms with Crippen LogP contribution in [0, 0.1) is 5.92 Å². The molecular formula is C9H14AlINO2. The van der Waals surface area contributed by atoms with E-state index in [2.05, 4.69) is 25.6 Å². The predicted molar refractivity (Wildman–Crippen MR) is 63.2 cm³/mol. The van der Waals surface area contributed by atoms with Gasteiger partial charge in [0.2, 0.25) is 0 Å². The third-order valence-electron chi connectivity index (χ3n) is 3.31. The van der Waals surface area contributed by atoms with Gasteiger partial charge in [-0.25, -0.2) is 0 Å². The van der Waals surface area contributed by atoms with Gasteiger partial charge in [0.25, 0.3) is 5.97 Å². The molecule has 1 saturated carbocycles. The molecule has 3 atom stereocenters. The Kier molecular flexibility index (Phi) is 4.12. The van der Waals surface area contributed by atoms with Gasteiger partial charge in [-0.15, -0.1) is 0 Å². The van der Waals surface area contributed by atoms with Crippen LogP contribution in [0.1, 0.15) is 32.1 Å². The van der Waals surface area contributed by atoms with E-state index in [9.17, 15) is 4.79 Å². The molecule has 1 N–H and O–H groups in total. The predicted octanol–water partition coefficient (Wildman–Crippen LogP) is 1.42. The summed E-state index contributed by atoms with van der Waals surface area (Å²) in [5.74, 6) is 0.703. The van der Waals surface area contributed by atoms with Crippen molar-refractivity contribution in [1.29, 1.82) is 0 Å². The molecule has 5 heteroatoms. The molecule has 0 aromatic rings. The van der Waals surface area contributed by atoms with Crippen molar-refractivity contribution in [2.24, 2.45) is 5.92 Å². The van der Waals surface area contributed by atoms with Gasteiger partial charge in [-0.1, -0.05) is 12.8 Å². The summed E-state index contributed by atoms with van der Waals surface area (Å²) in [6.45, 7) is 0. The zero-order chi connectivity index (χ0) is 9.97. The van der Waals surface area contributed by atoms with Crippen molar-refractivity contribution in [2.75, 3.05) is 0 Å². The molecule has 0 aromatic carbocycles. The molecule has 3 nitrogen and oxygen atoms in total. The van der Waals surface area contributed by atoms with E-state index < -0.39 is 0 Å². The highest BCUT2D eigenvalue weighted by molar-refractivity contribution is 14.1. The van der Waals surface area contributed by atoms with Gasteiger partial charge in [0.15, 0.2) is 0 Å². The topological polar surface area (TPSA) is 38.3 Å². The summed E-state index contributed by atoms with van der Waals surface area (Å²) in [7, 11) is 0. The number of fused-ring (bicyclic) bond motifs is 1. The molecule has 0 spiro atoms. The minimum absolute atomic E-state index is 0.00892. The zero-order valence-electron chi connectivity index (χ0n) is 8.04. The van der Waals surface area contributed by atoms with Gasteiger partial charge in [-0.2, -0.15) is 20.3 Å². The van der Waals surface area contributed by atoms with Gasteiger partial charge >= 0.3 is 12.3 Å². The first-order valence-corrected chi connectivity index (χ1v) is 9.84. The Hall–Kier alpha value is 0.692. The first-order chi connectivity index (χ1) is 6.81. The van der Waals surface area contributed by atoms with E-state index >= 15 is 0 Å². The second kappa shape index (κ2) is 5.15. The second-order valence-corrected chi connectivity index (χ2v) is 6.07. The normalized spacial score (nSPS) is 36.2. The van der Waals surface area contributed by atoms with Crippen LogP contribution in [0.25, 0.3) is 0 Å². The van der Waals surface area contributed by atoms with Crippen LogP contribution < -0.4 is 5.32 Å². The highest BCUT2D eigenvalue weighted by Gasteiger charge is 2.38. The van der Waals surface area contributed by atoms with Crippen LogP contribution in [0.4, 0.5) is 0 Å². The van der Waals surface area contributed by atoms with Crippen LogP contribution in [-0.2, 0) is 8.58 Å². The molecule has 1 aliphatic carbocycles. The lowest BCUT2D eigenvalue weighted by Crippen LogP contribution is -2.38. The van der Waals surface area contributed by atoms with Crippen molar-refractivity contribution in [3.05, 3.63) is 0 Å². The molecule has 2 aliphatic rings. The van der Waals surface area contributed by atoms with Crippen LogP contribution in [0.5, 0.6) is 0 Å². The number of carbonyl (C=O) groups excluding carboxylic acids is 1. The van der Waals surface area contributed by atoms with Gasteiger partial charge in [-0.3, -0.25) is 4.79 Å². The number of hydrogen-bond donors (Lipinski definition) is 1. The lowest BCUT2D eigenvalue weighted by molar-refractivity contribution is -0.136. The third kappa shape index (κ3) is 2.44. The number of nitrogens with one attached hydrogen (secondary N) is 1. The lowest BCUT2D eigenvalue weighted by atomic mass is 9.85. The fourth-order valence-corrected chi connectivity index (χ4v) is 3.63. The van der Waals surface area contributed by atoms with E-state index in [4.69, 9.17) is 3.79 Å². The molecule has 1 heterocycles. The maximum absolute atomic E-state index is 11.5. The molecule has 0 bridgehead atoms. The Bertz CT molecular complexity index is 213. The summed E-state index contributed by atoms with van der Waals surface area (Å²) in [6, 6.07) is 0.580. The average molecular weight is 322 g/mol. The van der Waals surface area contributed by atoms with Crippen molar-refractivity contribution >= 4 is 38.5 Å². The first-order valence-electron chi connectivity index (χ1n) is 5.19. The fraction of sp³-hybridized carbons (Fsp3) is 0.889. The Morgan fingerprint density at radius 3 is 2.93 bits per heavy atom. The Balaban J connectivity index is 1.89. The molecule has 0 amide bonds. The number of rotatable bonds is 2. The number of halogens is 1. The van der Waals surface area contributed by atoms with E-state index in [1.807, 2.05) is 0 Å². The molecule has 14 heavy (non-hydrogen) atoms. The summed E-state index contributed by atoms with van der Waals surface area (Å²) in [6.07, 6.45) is 6.18. The van der Waals surface area contributed by atoms with Crippen LogP contribution in [0.3, 0.4) is 0 Å². The van der Waals surface area contributed by atoms with Crippen LogP contribution in [-0.4, -0.2) is 30.3 Å². The summed E-state index contributed by atoms with van der Waals surface area (Å²) >= 11 is 1.96. The lowest BCUT2D eigenvalue weighted by Gasteiger charge is -2.24. The smallest absolute Gasteiger partial charge is 0.613 e. The highest BCUT2D eigenvalue weighted by atomic mass is 127. The molecule has 0 aromatic heterocycles. The quantitative estimate of drug-likeness (QED) is 0.617. The van der Waals surface area contributed by atoms with Crippen LogP contribution in [0.15, 0.2) is 0 Å². The molecule has 2 fully saturated rings. The monoisotopic (exact) mass is 322 g/mol. The summed E-state index contributed by atoms with van der Waals surface area (Å²) < 4.78 is 5.10. The van der Waals surface area contributed by atoms with E-state index in [0.29, 0.717) is 6.04 Å². The first kappa shape index (κ1) is 11.2. The molecule has 77 valence electrons. The summed E-state index contributed by atoms with van der Waals surface area (Å²) in [4.78, 5) is 11.5. The fourth-order valence-electron chi connectivity index (χ4n) is 2.63. The number of hydrogen-bond acceptors (Lipinski definition) is 3. The zero-order valence-corrected chi connectivity index (χ0v) is 11.4. The van der Waals surface area contributed by atoms with Crippen molar-refractivity contribution in [2.45, 2.75) is 44.2 Å².